The minimum Gasteiger partial charge on any atom is -0.488 e. The van der Waals surface area contributed by atoms with E-state index >= 15 is 0 Å². The quantitative estimate of drug-likeness (QED) is 0.903. The van der Waals surface area contributed by atoms with Crippen molar-refractivity contribution in [1.82, 2.24) is 0 Å². The third-order valence-corrected chi connectivity index (χ3v) is 4.10. The molecule has 0 saturated carbocycles. The number of benzene rings is 2. The average Bonchev–Trinajstić information content (AvgIpc) is 2.53. The van der Waals surface area contributed by atoms with Gasteiger partial charge in [0.05, 0.1) is 5.56 Å². The molecule has 23 heavy (non-hydrogen) atoms. The number of halogens is 1. The highest BCUT2D eigenvalue weighted by molar-refractivity contribution is 5.97. The van der Waals surface area contributed by atoms with E-state index in [1.165, 1.54) is 0 Å². The van der Waals surface area contributed by atoms with Gasteiger partial charge in [0.15, 0.2) is 0 Å². The molecule has 1 atom stereocenters. The number of primary amides is 1. The summed E-state index contributed by atoms with van der Waals surface area (Å²) in [7, 11) is 0. The lowest BCUT2D eigenvalue weighted by Crippen LogP contribution is -2.29. The van der Waals surface area contributed by atoms with E-state index in [0.717, 1.165) is 36.0 Å². The Bertz CT molecular complexity index is 689. The van der Waals surface area contributed by atoms with Crippen molar-refractivity contribution >= 4 is 18.3 Å². The fraction of sp³-hybridized carbons (Fsp3) is 0.278. The predicted molar refractivity (Wildman–Crippen MR) is 93.0 cm³/mol. The molecule has 0 fully saturated rings. The molecule has 0 aromatic heterocycles. The molecule has 2 aromatic carbocycles. The molecule has 1 unspecified atom stereocenters. The maximum atomic E-state index is 11.9. The average molecular weight is 333 g/mol. The van der Waals surface area contributed by atoms with Crippen LogP contribution in [0.2, 0.25) is 0 Å². The first kappa shape index (κ1) is 17.3. The van der Waals surface area contributed by atoms with Gasteiger partial charge < -0.3 is 16.2 Å². The van der Waals surface area contributed by atoms with E-state index in [9.17, 15) is 4.79 Å². The maximum absolute atomic E-state index is 11.9. The van der Waals surface area contributed by atoms with Crippen molar-refractivity contribution in [2.75, 3.05) is 0 Å². The van der Waals surface area contributed by atoms with Crippen molar-refractivity contribution in [3.63, 3.8) is 0 Å². The number of nitrogens with two attached hydrogens (primary N) is 2. The first-order valence-electron chi connectivity index (χ1n) is 7.52. The Labute approximate surface area is 142 Å². The summed E-state index contributed by atoms with van der Waals surface area (Å²) < 4.78 is 5.85. The molecule has 5 heteroatoms. The van der Waals surface area contributed by atoms with Crippen LogP contribution in [-0.4, -0.2) is 11.9 Å². The molecular formula is C18H21ClN2O2. The molecule has 4 N–H and O–H groups in total. The lowest BCUT2D eigenvalue weighted by molar-refractivity contribution is 0.0994. The van der Waals surface area contributed by atoms with E-state index in [1.54, 1.807) is 0 Å². The molecule has 0 heterocycles. The van der Waals surface area contributed by atoms with Crippen LogP contribution in [-0.2, 0) is 19.4 Å². The van der Waals surface area contributed by atoms with Crippen LogP contribution in [0, 0.1) is 0 Å². The number of fused-ring (bicyclic) bond motifs is 1. The molecule has 0 bridgehead atoms. The Kier molecular flexibility index (Phi) is 5.64. The number of carbonyl (C=O) groups excluding carboxylic acids is 1. The lowest BCUT2D eigenvalue weighted by Gasteiger charge is -2.24. The highest BCUT2D eigenvalue weighted by Gasteiger charge is 2.23. The Morgan fingerprint density at radius 1 is 1.17 bits per heavy atom. The molecule has 3 rings (SSSR count). The van der Waals surface area contributed by atoms with E-state index in [-0.39, 0.29) is 18.4 Å². The molecule has 0 spiro atoms. The molecular weight excluding hydrogens is 312 g/mol. The largest absolute Gasteiger partial charge is 0.488 e. The van der Waals surface area contributed by atoms with Gasteiger partial charge in [-0.25, -0.2) is 0 Å². The zero-order valence-corrected chi connectivity index (χ0v) is 13.6. The molecule has 2 aromatic rings. The van der Waals surface area contributed by atoms with Crippen LogP contribution in [0.25, 0.3) is 0 Å². The van der Waals surface area contributed by atoms with Crippen LogP contribution < -0.4 is 16.2 Å². The maximum Gasteiger partial charge on any atom is 0.252 e. The number of carbonyl (C=O) groups is 1. The van der Waals surface area contributed by atoms with Crippen molar-refractivity contribution in [1.29, 1.82) is 0 Å². The number of ether oxygens (including phenoxy) is 1. The summed E-state index contributed by atoms with van der Waals surface area (Å²) in [5, 5.41) is 0. The minimum atomic E-state index is -0.435. The predicted octanol–water partition coefficient (Wildman–Crippen LogP) is 2.60. The fourth-order valence-electron chi connectivity index (χ4n) is 2.99. The van der Waals surface area contributed by atoms with E-state index in [4.69, 9.17) is 16.2 Å². The summed E-state index contributed by atoms with van der Waals surface area (Å²) in [4.78, 5) is 11.9. The second kappa shape index (κ2) is 7.49. The van der Waals surface area contributed by atoms with Crippen LogP contribution in [0.1, 0.15) is 33.5 Å². The van der Waals surface area contributed by atoms with E-state index in [2.05, 4.69) is 0 Å². The van der Waals surface area contributed by atoms with E-state index in [0.29, 0.717) is 17.9 Å². The number of amides is 1. The Morgan fingerprint density at radius 2 is 1.91 bits per heavy atom. The monoisotopic (exact) mass is 332 g/mol. The molecule has 122 valence electrons. The Hall–Kier alpha value is -2.04. The van der Waals surface area contributed by atoms with Crippen LogP contribution in [0.4, 0.5) is 0 Å². The zero-order chi connectivity index (χ0) is 15.5. The molecule has 1 amide bonds. The smallest absolute Gasteiger partial charge is 0.252 e. The summed E-state index contributed by atoms with van der Waals surface area (Å²) in [5.74, 6) is 0.126. The Morgan fingerprint density at radius 3 is 2.61 bits per heavy atom. The Balaban J connectivity index is 0.00000192. The van der Waals surface area contributed by atoms with Crippen molar-refractivity contribution < 1.29 is 9.53 Å². The van der Waals surface area contributed by atoms with Crippen molar-refractivity contribution in [3.05, 3.63) is 64.7 Å². The molecule has 0 radical (unpaired) electrons. The second-order valence-electron chi connectivity index (χ2n) is 5.72. The van der Waals surface area contributed by atoms with Gasteiger partial charge in [-0.2, -0.15) is 0 Å². The van der Waals surface area contributed by atoms with Gasteiger partial charge in [0.1, 0.15) is 12.4 Å². The van der Waals surface area contributed by atoms with Gasteiger partial charge in [0.2, 0.25) is 0 Å². The van der Waals surface area contributed by atoms with Gasteiger partial charge in [-0.15, -0.1) is 12.4 Å². The SMILES string of the molecule is Cl.NC(=O)c1c(OCc2ccccc2)ccc2c1CCC(N)C2. The highest BCUT2D eigenvalue weighted by Crippen LogP contribution is 2.31. The second-order valence-corrected chi connectivity index (χ2v) is 5.72. The summed E-state index contributed by atoms with van der Waals surface area (Å²) in [6, 6.07) is 13.8. The van der Waals surface area contributed by atoms with Gasteiger partial charge in [-0.3, -0.25) is 4.79 Å². The third-order valence-electron chi connectivity index (χ3n) is 4.10. The summed E-state index contributed by atoms with van der Waals surface area (Å²) in [6.07, 6.45) is 2.43. The number of rotatable bonds is 4. The standard InChI is InChI=1S/C18H20N2O2.ClH/c19-14-7-8-15-13(10-14)6-9-16(17(15)18(20)21)22-11-12-4-2-1-3-5-12;/h1-6,9,14H,7-8,10-11,19H2,(H2,20,21);1H. The third kappa shape index (κ3) is 3.84. The molecule has 1 aliphatic rings. The summed E-state index contributed by atoms with van der Waals surface area (Å²) in [6.45, 7) is 0.416. The van der Waals surface area contributed by atoms with E-state index in [1.807, 2.05) is 42.5 Å². The van der Waals surface area contributed by atoms with E-state index < -0.39 is 5.91 Å². The molecule has 1 aliphatic carbocycles. The van der Waals surface area contributed by atoms with Crippen LogP contribution in [0.5, 0.6) is 5.75 Å². The van der Waals surface area contributed by atoms with Crippen LogP contribution in [0.15, 0.2) is 42.5 Å². The number of hydrogen-bond donors (Lipinski definition) is 2. The normalized spacial score (nSPS) is 16.1. The van der Waals surface area contributed by atoms with Gasteiger partial charge in [-0.05, 0) is 42.0 Å². The molecule has 4 nitrogen and oxygen atoms in total. The highest BCUT2D eigenvalue weighted by atomic mass is 35.5. The van der Waals surface area contributed by atoms with Gasteiger partial charge >= 0.3 is 0 Å². The lowest BCUT2D eigenvalue weighted by atomic mass is 9.85. The first-order chi connectivity index (χ1) is 10.6. The molecule has 0 saturated heterocycles. The first-order valence-corrected chi connectivity index (χ1v) is 7.52. The minimum absolute atomic E-state index is 0. The summed E-state index contributed by atoms with van der Waals surface area (Å²) >= 11 is 0. The van der Waals surface area contributed by atoms with Crippen LogP contribution in [0.3, 0.4) is 0 Å². The molecule has 0 aliphatic heterocycles. The summed E-state index contributed by atoms with van der Waals surface area (Å²) in [5.41, 5.74) is 15.3. The van der Waals surface area contributed by atoms with Crippen molar-refractivity contribution in [3.8, 4) is 5.75 Å². The zero-order valence-electron chi connectivity index (χ0n) is 12.8. The van der Waals surface area contributed by atoms with Gasteiger partial charge in [0.25, 0.3) is 5.91 Å². The van der Waals surface area contributed by atoms with Gasteiger partial charge in [-0.1, -0.05) is 36.4 Å². The van der Waals surface area contributed by atoms with Crippen LogP contribution >= 0.6 is 12.4 Å². The van der Waals surface area contributed by atoms with Crippen molar-refractivity contribution in [2.45, 2.75) is 31.9 Å². The fourth-order valence-corrected chi connectivity index (χ4v) is 2.99. The van der Waals surface area contributed by atoms with Crippen molar-refractivity contribution in [2.24, 2.45) is 11.5 Å². The topological polar surface area (TPSA) is 78.3 Å². The number of hydrogen-bond acceptors (Lipinski definition) is 3. The van der Waals surface area contributed by atoms with Gasteiger partial charge in [0, 0.05) is 6.04 Å².